The van der Waals surface area contributed by atoms with Gasteiger partial charge in [-0.1, -0.05) is 79.1 Å². The van der Waals surface area contributed by atoms with Gasteiger partial charge in [-0.05, 0) is 67.8 Å². The predicted octanol–water partition coefficient (Wildman–Crippen LogP) is 6.04. The van der Waals surface area contributed by atoms with Gasteiger partial charge in [-0.25, -0.2) is 12.8 Å². The van der Waals surface area contributed by atoms with Crippen LogP contribution in [-0.2, 0) is 32.6 Å². The first kappa shape index (κ1) is 33.7. The molecule has 0 aromatic heterocycles. The maximum atomic E-state index is 15.1. The largest absolute Gasteiger partial charge is 0.497 e. The summed E-state index contributed by atoms with van der Waals surface area (Å²) in [6.45, 7) is 0.992. The van der Waals surface area contributed by atoms with E-state index in [1.165, 1.54) is 30.2 Å². The molecule has 1 fully saturated rings. The van der Waals surface area contributed by atoms with E-state index in [1.54, 1.807) is 54.6 Å². The highest BCUT2D eigenvalue weighted by atomic mass is 32.2. The number of sulfonamides is 1. The quantitative estimate of drug-likeness (QED) is 0.189. The van der Waals surface area contributed by atoms with E-state index in [1.807, 2.05) is 37.3 Å². The van der Waals surface area contributed by atoms with Crippen LogP contribution in [0.25, 0.3) is 0 Å². The summed E-state index contributed by atoms with van der Waals surface area (Å²) in [5.74, 6) is -1.02. The van der Waals surface area contributed by atoms with E-state index in [9.17, 15) is 18.0 Å². The van der Waals surface area contributed by atoms with Crippen molar-refractivity contribution in [2.24, 2.45) is 0 Å². The zero-order valence-electron chi connectivity index (χ0n) is 26.6. The van der Waals surface area contributed by atoms with E-state index >= 15 is 4.39 Å². The number of anilines is 1. The Bertz CT molecular complexity index is 1760. The standard InChI is InChI=1S/C37H40FN3O5S/c1-27-16-22-33(23-17-27)47(44,45)41(31-18-20-32(46-2)21-19-31)26-36(42)40(25-29-12-6-9-15-34(29)38)35(24-28-10-4-3-5-11-28)37(43)39-30-13-7-8-14-30/h3-6,9-12,15-23,30,35H,7-8,13-14,24-26H2,1-2H3,(H,39,43). The zero-order chi connectivity index (χ0) is 33.4. The second-order valence-corrected chi connectivity index (χ2v) is 13.7. The SMILES string of the molecule is COc1ccc(N(CC(=O)N(Cc2ccccc2F)C(Cc2ccccc2)C(=O)NC2CCCC2)S(=O)(=O)c2ccc(C)cc2)cc1. The van der Waals surface area contributed by atoms with Crippen LogP contribution in [0.15, 0.2) is 108 Å². The van der Waals surface area contributed by atoms with Gasteiger partial charge in [0.05, 0.1) is 17.7 Å². The molecule has 10 heteroatoms. The normalized spacial score (nSPS) is 13.9. The van der Waals surface area contributed by atoms with E-state index in [0.717, 1.165) is 41.1 Å². The number of carbonyl (C=O) groups excluding carboxylic acids is 2. The third-order valence-corrected chi connectivity index (χ3v) is 10.3. The monoisotopic (exact) mass is 657 g/mol. The van der Waals surface area contributed by atoms with E-state index in [-0.39, 0.29) is 41.1 Å². The van der Waals surface area contributed by atoms with E-state index in [2.05, 4.69) is 5.32 Å². The van der Waals surface area contributed by atoms with Crippen LogP contribution >= 0.6 is 0 Å². The van der Waals surface area contributed by atoms with Gasteiger partial charge in [-0.15, -0.1) is 0 Å². The molecule has 1 aliphatic rings. The Morgan fingerprint density at radius 3 is 2.17 bits per heavy atom. The molecule has 0 heterocycles. The maximum Gasteiger partial charge on any atom is 0.264 e. The molecule has 8 nitrogen and oxygen atoms in total. The summed E-state index contributed by atoms with van der Waals surface area (Å²) >= 11 is 0. The van der Waals surface area contributed by atoms with Crippen molar-refractivity contribution in [3.05, 3.63) is 126 Å². The fourth-order valence-electron chi connectivity index (χ4n) is 5.85. The van der Waals surface area contributed by atoms with Crippen molar-refractivity contribution < 1.29 is 27.1 Å². The van der Waals surface area contributed by atoms with Gasteiger partial charge in [0.1, 0.15) is 24.2 Å². The second-order valence-electron chi connectivity index (χ2n) is 11.8. The maximum absolute atomic E-state index is 15.1. The molecule has 47 heavy (non-hydrogen) atoms. The Balaban J connectivity index is 1.57. The Morgan fingerprint density at radius 2 is 1.53 bits per heavy atom. The number of nitrogens with one attached hydrogen (secondary N) is 1. The van der Waals surface area contributed by atoms with E-state index in [4.69, 9.17) is 4.74 Å². The van der Waals surface area contributed by atoms with Crippen molar-refractivity contribution in [1.82, 2.24) is 10.2 Å². The van der Waals surface area contributed by atoms with Gasteiger partial charge in [-0.3, -0.25) is 13.9 Å². The lowest BCUT2D eigenvalue weighted by molar-refractivity contribution is -0.140. The first-order chi connectivity index (χ1) is 22.7. The van der Waals surface area contributed by atoms with Gasteiger partial charge in [0.2, 0.25) is 11.8 Å². The minimum Gasteiger partial charge on any atom is -0.497 e. The molecular formula is C37H40FN3O5S. The minimum absolute atomic E-state index is 0.00665. The molecule has 0 aliphatic heterocycles. The molecule has 1 unspecified atom stereocenters. The fraction of sp³-hybridized carbons (Fsp3) is 0.297. The van der Waals surface area contributed by atoms with Crippen LogP contribution in [0.3, 0.4) is 0 Å². The molecule has 0 radical (unpaired) electrons. The molecular weight excluding hydrogens is 617 g/mol. The summed E-state index contributed by atoms with van der Waals surface area (Å²) in [5, 5.41) is 3.12. The molecule has 1 saturated carbocycles. The number of hydrogen-bond acceptors (Lipinski definition) is 5. The third-order valence-electron chi connectivity index (χ3n) is 8.52. The third kappa shape index (κ3) is 8.37. The van der Waals surface area contributed by atoms with Gasteiger partial charge >= 0.3 is 0 Å². The number of amides is 2. The molecule has 2 amide bonds. The summed E-state index contributed by atoms with van der Waals surface area (Å²) in [4.78, 5) is 29.9. The number of methoxy groups -OCH3 is 1. The van der Waals surface area contributed by atoms with Gasteiger partial charge < -0.3 is 15.0 Å². The number of aryl methyl sites for hydroxylation is 1. The second kappa shape index (κ2) is 15.3. The van der Waals surface area contributed by atoms with Crippen LogP contribution < -0.4 is 14.4 Å². The predicted molar refractivity (Wildman–Crippen MR) is 180 cm³/mol. The van der Waals surface area contributed by atoms with Crippen LogP contribution in [0.4, 0.5) is 10.1 Å². The van der Waals surface area contributed by atoms with Crippen molar-refractivity contribution in [2.75, 3.05) is 18.0 Å². The number of benzene rings is 4. The number of rotatable bonds is 13. The van der Waals surface area contributed by atoms with Crippen LogP contribution in [0.2, 0.25) is 0 Å². The van der Waals surface area contributed by atoms with Crippen molar-refractivity contribution in [2.45, 2.75) is 62.6 Å². The van der Waals surface area contributed by atoms with Crippen molar-refractivity contribution in [1.29, 1.82) is 0 Å². The molecule has 4 aromatic carbocycles. The van der Waals surface area contributed by atoms with Crippen LogP contribution in [0, 0.1) is 12.7 Å². The molecule has 1 aliphatic carbocycles. The number of ether oxygens (including phenoxy) is 1. The summed E-state index contributed by atoms with van der Waals surface area (Å²) < 4.78 is 49.8. The molecule has 4 aromatic rings. The molecule has 0 spiro atoms. The van der Waals surface area contributed by atoms with Crippen molar-refractivity contribution >= 4 is 27.5 Å². The molecule has 0 bridgehead atoms. The van der Waals surface area contributed by atoms with Crippen molar-refractivity contribution in [3.63, 3.8) is 0 Å². The number of nitrogens with zero attached hydrogens (tertiary/aromatic N) is 2. The van der Waals surface area contributed by atoms with Crippen LogP contribution in [0.5, 0.6) is 5.75 Å². The Labute approximate surface area is 276 Å². The lowest BCUT2D eigenvalue weighted by atomic mass is 10.0. The van der Waals surface area contributed by atoms with E-state index in [0.29, 0.717) is 5.75 Å². The van der Waals surface area contributed by atoms with Gasteiger partial charge in [0, 0.05) is 24.6 Å². The van der Waals surface area contributed by atoms with Crippen LogP contribution in [0.1, 0.15) is 42.4 Å². The average molecular weight is 658 g/mol. The molecule has 246 valence electrons. The first-order valence-corrected chi connectivity index (χ1v) is 17.2. The molecule has 1 atom stereocenters. The van der Waals surface area contributed by atoms with Gasteiger partial charge in [0.25, 0.3) is 10.0 Å². The Morgan fingerprint density at radius 1 is 0.894 bits per heavy atom. The summed E-state index contributed by atoms with van der Waals surface area (Å²) in [6.07, 6.45) is 3.84. The highest BCUT2D eigenvalue weighted by Crippen LogP contribution is 2.28. The summed E-state index contributed by atoms with van der Waals surface area (Å²) in [7, 11) is -2.75. The first-order valence-electron chi connectivity index (χ1n) is 15.8. The highest BCUT2D eigenvalue weighted by Gasteiger charge is 2.36. The fourth-order valence-corrected chi connectivity index (χ4v) is 7.26. The number of hydrogen-bond donors (Lipinski definition) is 1. The Kier molecular flexibility index (Phi) is 10.9. The lowest BCUT2D eigenvalue weighted by Gasteiger charge is -2.34. The van der Waals surface area contributed by atoms with Gasteiger partial charge in [0.15, 0.2) is 0 Å². The molecule has 5 rings (SSSR count). The van der Waals surface area contributed by atoms with Crippen molar-refractivity contribution in [3.8, 4) is 5.75 Å². The Hall–Kier alpha value is -4.70. The zero-order valence-corrected chi connectivity index (χ0v) is 27.5. The number of carbonyl (C=O) groups is 2. The molecule has 0 saturated heterocycles. The minimum atomic E-state index is -4.25. The summed E-state index contributed by atoms with van der Waals surface area (Å²) in [5.41, 5.74) is 2.14. The molecule has 1 N–H and O–H groups in total. The summed E-state index contributed by atoms with van der Waals surface area (Å²) in [6, 6.07) is 27.0. The van der Waals surface area contributed by atoms with E-state index < -0.39 is 34.3 Å². The number of halogens is 1. The lowest BCUT2D eigenvalue weighted by Crippen LogP contribution is -2.54. The highest BCUT2D eigenvalue weighted by molar-refractivity contribution is 7.92. The smallest absolute Gasteiger partial charge is 0.264 e. The van der Waals surface area contributed by atoms with Gasteiger partial charge in [-0.2, -0.15) is 0 Å². The average Bonchev–Trinajstić information content (AvgIpc) is 3.59. The van der Waals surface area contributed by atoms with Crippen LogP contribution in [-0.4, -0.2) is 50.9 Å². The topological polar surface area (TPSA) is 96.0 Å².